The molecule has 0 saturated carbocycles. The van der Waals surface area contributed by atoms with Crippen LogP contribution in [0.4, 0.5) is 5.69 Å². The Morgan fingerprint density at radius 2 is 2.05 bits per heavy atom. The number of hydrogen-bond acceptors (Lipinski definition) is 3. The Morgan fingerprint density at radius 3 is 2.70 bits per heavy atom. The summed E-state index contributed by atoms with van der Waals surface area (Å²) in [5.41, 5.74) is 1.21. The van der Waals surface area contributed by atoms with Crippen molar-refractivity contribution in [1.29, 1.82) is 0 Å². The first kappa shape index (κ1) is 16.1. The van der Waals surface area contributed by atoms with Crippen molar-refractivity contribution < 1.29 is 9.59 Å². The Labute approximate surface area is 124 Å². The summed E-state index contributed by atoms with van der Waals surface area (Å²) in [6.45, 7) is 4.11. The van der Waals surface area contributed by atoms with E-state index in [1.54, 1.807) is 24.3 Å². The van der Waals surface area contributed by atoms with Crippen LogP contribution in [-0.2, 0) is 4.79 Å². The van der Waals surface area contributed by atoms with E-state index in [0.717, 1.165) is 12.8 Å². The van der Waals surface area contributed by atoms with Crippen LogP contribution in [-0.4, -0.2) is 23.5 Å². The largest absolute Gasteiger partial charge is 0.352 e. The molecule has 0 aliphatic rings. The zero-order valence-corrected chi connectivity index (χ0v) is 12.5. The molecule has 0 atom stereocenters. The van der Waals surface area contributed by atoms with Gasteiger partial charge in [-0.2, -0.15) is 0 Å². The first-order valence-electron chi connectivity index (χ1n) is 6.49. The predicted molar refractivity (Wildman–Crippen MR) is 83.7 cm³/mol. The highest BCUT2D eigenvalue weighted by molar-refractivity contribution is 7.80. The molecule has 0 spiro atoms. The maximum absolute atomic E-state index is 11.9. The van der Waals surface area contributed by atoms with E-state index < -0.39 is 0 Å². The van der Waals surface area contributed by atoms with Crippen molar-refractivity contribution in [1.82, 2.24) is 10.6 Å². The van der Waals surface area contributed by atoms with Gasteiger partial charge in [-0.15, -0.1) is 0 Å². The quantitative estimate of drug-likeness (QED) is 0.574. The van der Waals surface area contributed by atoms with Gasteiger partial charge in [-0.05, 0) is 36.8 Å². The van der Waals surface area contributed by atoms with E-state index in [0.29, 0.717) is 17.8 Å². The lowest BCUT2D eigenvalue weighted by Gasteiger charge is -2.09. The van der Waals surface area contributed by atoms with Crippen LogP contribution >= 0.6 is 12.2 Å². The van der Waals surface area contributed by atoms with Gasteiger partial charge in [0, 0.05) is 24.7 Å². The van der Waals surface area contributed by atoms with Crippen LogP contribution in [0.15, 0.2) is 24.3 Å². The molecule has 1 rings (SSSR count). The number of thiocarbonyl (C=S) groups is 1. The molecule has 0 aromatic heterocycles. The summed E-state index contributed by atoms with van der Waals surface area (Å²) >= 11 is 4.96. The molecule has 0 radical (unpaired) electrons. The van der Waals surface area contributed by atoms with Gasteiger partial charge in [0.05, 0.1) is 0 Å². The molecular formula is C14H19N3O2S. The topological polar surface area (TPSA) is 70.2 Å². The lowest BCUT2D eigenvalue weighted by molar-refractivity contribution is -0.117. The number of anilines is 1. The molecule has 20 heavy (non-hydrogen) atoms. The maximum atomic E-state index is 11.9. The molecule has 0 aliphatic carbocycles. The minimum Gasteiger partial charge on any atom is -0.352 e. The molecule has 108 valence electrons. The normalized spacial score (nSPS) is 9.70. The van der Waals surface area contributed by atoms with Crippen LogP contribution < -0.4 is 16.0 Å². The predicted octanol–water partition coefficient (Wildman–Crippen LogP) is 2.05. The number of unbranched alkanes of at least 4 members (excludes halogenated alkanes) is 1. The van der Waals surface area contributed by atoms with Crippen LogP contribution in [0.5, 0.6) is 0 Å². The van der Waals surface area contributed by atoms with Gasteiger partial charge in [-0.25, -0.2) is 0 Å². The average Bonchev–Trinajstić information content (AvgIpc) is 2.38. The summed E-state index contributed by atoms with van der Waals surface area (Å²) in [6, 6.07) is 6.95. The Balaban J connectivity index is 2.63. The second-order valence-corrected chi connectivity index (χ2v) is 4.73. The van der Waals surface area contributed by atoms with Crippen LogP contribution in [0.1, 0.15) is 37.0 Å². The van der Waals surface area contributed by atoms with Gasteiger partial charge in [0.15, 0.2) is 5.11 Å². The molecule has 1 aromatic rings. The van der Waals surface area contributed by atoms with Crippen LogP contribution in [0.25, 0.3) is 0 Å². The molecule has 1 aromatic carbocycles. The zero-order chi connectivity index (χ0) is 15.0. The van der Waals surface area contributed by atoms with E-state index in [1.165, 1.54) is 6.92 Å². The number of rotatable bonds is 5. The van der Waals surface area contributed by atoms with E-state index in [2.05, 4.69) is 22.9 Å². The molecule has 6 heteroatoms. The zero-order valence-electron chi connectivity index (χ0n) is 11.7. The Kier molecular flexibility index (Phi) is 6.66. The van der Waals surface area contributed by atoms with Gasteiger partial charge in [-0.3, -0.25) is 9.59 Å². The molecule has 0 bridgehead atoms. The third kappa shape index (κ3) is 5.79. The Hall–Kier alpha value is -1.95. The first-order valence-corrected chi connectivity index (χ1v) is 6.90. The molecule has 3 N–H and O–H groups in total. The molecule has 0 saturated heterocycles. The lowest BCUT2D eigenvalue weighted by atomic mass is 10.2. The molecule has 0 aliphatic heterocycles. The average molecular weight is 293 g/mol. The van der Waals surface area contributed by atoms with E-state index in [4.69, 9.17) is 12.2 Å². The minimum absolute atomic E-state index is 0.118. The molecule has 2 amide bonds. The number of hydrogen-bond donors (Lipinski definition) is 3. The Bertz CT molecular complexity index is 503. The summed E-state index contributed by atoms with van der Waals surface area (Å²) in [7, 11) is 0. The summed E-state index contributed by atoms with van der Waals surface area (Å²) in [4.78, 5) is 22.8. The Morgan fingerprint density at radius 1 is 1.30 bits per heavy atom. The van der Waals surface area contributed by atoms with Crippen molar-refractivity contribution in [2.45, 2.75) is 26.7 Å². The number of amides is 2. The number of benzene rings is 1. The van der Waals surface area contributed by atoms with E-state index in [9.17, 15) is 9.59 Å². The van der Waals surface area contributed by atoms with Gasteiger partial charge in [0.25, 0.3) is 5.91 Å². The molecule has 0 unspecified atom stereocenters. The fourth-order valence-electron chi connectivity index (χ4n) is 1.54. The van der Waals surface area contributed by atoms with Gasteiger partial charge in [0.2, 0.25) is 5.91 Å². The van der Waals surface area contributed by atoms with Crippen molar-refractivity contribution in [2.75, 3.05) is 11.9 Å². The van der Waals surface area contributed by atoms with Crippen LogP contribution in [0.2, 0.25) is 0 Å². The monoisotopic (exact) mass is 293 g/mol. The minimum atomic E-state index is -0.240. The summed E-state index contributed by atoms with van der Waals surface area (Å²) in [6.07, 6.45) is 1.99. The highest BCUT2D eigenvalue weighted by Gasteiger charge is 2.06. The molecular weight excluding hydrogens is 274 g/mol. The van der Waals surface area contributed by atoms with Crippen LogP contribution in [0, 0.1) is 0 Å². The van der Waals surface area contributed by atoms with E-state index in [1.807, 2.05) is 0 Å². The first-order chi connectivity index (χ1) is 9.52. The smallest absolute Gasteiger partial charge is 0.251 e. The molecule has 5 nitrogen and oxygen atoms in total. The number of carbonyl (C=O) groups is 2. The maximum Gasteiger partial charge on any atom is 0.251 e. The van der Waals surface area contributed by atoms with E-state index in [-0.39, 0.29) is 16.9 Å². The van der Waals surface area contributed by atoms with Gasteiger partial charge >= 0.3 is 0 Å². The van der Waals surface area contributed by atoms with Crippen molar-refractivity contribution in [3.8, 4) is 0 Å². The van der Waals surface area contributed by atoms with Crippen LogP contribution in [0.3, 0.4) is 0 Å². The molecule has 0 fully saturated rings. The fraction of sp³-hybridized carbons (Fsp3) is 0.357. The second-order valence-electron chi connectivity index (χ2n) is 4.33. The number of nitrogens with one attached hydrogen (secondary N) is 3. The molecule has 0 heterocycles. The van der Waals surface area contributed by atoms with Crippen molar-refractivity contribution in [3.05, 3.63) is 29.8 Å². The third-order valence-electron chi connectivity index (χ3n) is 2.49. The van der Waals surface area contributed by atoms with E-state index >= 15 is 0 Å². The standard InChI is InChI=1S/C14H19N3O2S/c1-3-4-8-15-13(19)11-6-5-7-12(9-11)17-14(20)16-10(2)18/h5-7,9H,3-4,8H2,1-2H3,(H,15,19)(H2,16,17,18,20). The van der Waals surface area contributed by atoms with Gasteiger partial charge < -0.3 is 16.0 Å². The number of carbonyl (C=O) groups excluding carboxylic acids is 2. The second kappa shape index (κ2) is 8.27. The third-order valence-corrected chi connectivity index (χ3v) is 2.69. The van der Waals surface area contributed by atoms with Crippen molar-refractivity contribution in [3.63, 3.8) is 0 Å². The van der Waals surface area contributed by atoms with Gasteiger partial charge in [-0.1, -0.05) is 19.4 Å². The SMILES string of the molecule is CCCCNC(=O)c1cccc(NC(=S)NC(C)=O)c1. The van der Waals surface area contributed by atoms with Crippen molar-refractivity contribution in [2.24, 2.45) is 0 Å². The van der Waals surface area contributed by atoms with Gasteiger partial charge in [0.1, 0.15) is 0 Å². The van der Waals surface area contributed by atoms with Crippen molar-refractivity contribution >= 4 is 34.8 Å². The summed E-state index contributed by atoms with van der Waals surface area (Å²) < 4.78 is 0. The summed E-state index contributed by atoms with van der Waals surface area (Å²) in [5.74, 6) is -0.358. The highest BCUT2D eigenvalue weighted by atomic mass is 32.1. The fourth-order valence-corrected chi connectivity index (χ4v) is 1.80. The highest BCUT2D eigenvalue weighted by Crippen LogP contribution is 2.10. The summed E-state index contributed by atoms with van der Waals surface area (Å²) in [5, 5.41) is 8.37. The lowest BCUT2D eigenvalue weighted by Crippen LogP contribution is -2.32.